The van der Waals surface area contributed by atoms with E-state index in [0.717, 1.165) is 5.01 Å². The van der Waals surface area contributed by atoms with Gasteiger partial charge >= 0.3 is 18.0 Å². The topological polar surface area (TPSA) is 133 Å². The lowest BCUT2D eigenvalue weighted by molar-refractivity contribution is -0.158. The SMILES string of the molecule is CN(N=Nc1ccc(C#N)cc1)C(=O)N[C@@H](CCC(=O)OC(C)(C)C)C(=O)OC(C)(C)C. The number of nitrogens with one attached hydrogen (secondary N) is 1. The van der Waals surface area contributed by atoms with Crippen LogP contribution >= 0.6 is 0 Å². The number of amides is 2. The molecule has 2 amide bonds. The van der Waals surface area contributed by atoms with Crippen LogP contribution < -0.4 is 5.32 Å². The van der Waals surface area contributed by atoms with Crippen molar-refractivity contribution in [1.29, 1.82) is 5.26 Å². The van der Waals surface area contributed by atoms with Crippen LogP contribution in [0.1, 0.15) is 59.9 Å². The molecule has 0 saturated heterocycles. The van der Waals surface area contributed by atoms with Gasteiger partial charge < -0.3 is 14.8 Å². The van der Waals surface area contributed by atoms with E-state index in [2.05, 4.69) is 15.7 Å². The lowest BCUT2D eigenvalue weighted by Crippen LogP contribution is -2.47. The average molecular weight is 446 g/mol. The van der Waals surface area contributed by atoms with Crippen molar-refractivity contribution >= 4 is 23.7 Å². The molecule has 0 unspecified atom stereocenters. The van der Waals surface area contributed by atoms with Crippen LogP contribution in [0.3, 0.4) is 0 Å². The van der Waals surface area contributed by atoms with Crippen molar-refractivity contribution < 1.29 is 23.9 Å². The van der Waals surface area contributed by atoms with Gasteiger partial charge in [-0.2, -0.15) is 10.3 Å². The van der Waals surface area contributed by atoms with Crippen molar-refractivity contribution in [2.24, 2.45) is 10.3 Å². The number of urea groups is 1. The molecule has 1 rings (SSSR count). The minimum absolute atomic E-state index is 0.00380. The van der Waals surface area contributed by atoms with E-state index in [1.165, 1.54) is 7.05 Å². The highest BCUT2D eigenvalue weighted by Gasteiger charge is 2.29. The summed E-state index contributed by atoms with van der Waals surface area (Å²) in [6, 6.07) is 6.52. The van der Waals surface area contributed by atoms with Crippen molar-refractivity contribution in [2.45, 2.75) is 71.6 Å². The van der Waals surface area contributed by atoms with Gasteiger partial charge in [-0.15, -0.1) is 5.11 Å². The van der Waals surface area contributed by atoms with E-state index < -0.39 is 35.2 Å². The number of esters is 2. The Morgan fingerprint density at radius 2 is 1.62 bits per heavy atom. The third-order valence-electron chi connectivity index (χ3n) is 3.63. The fraction of sp³-hybridized carbons (Fsp3) is 0.545. The van der Waals surface area contributed by atoms with E-state index in [4.69, 9.17) is 14.7 Å². The molecule has 1 atom stereocenters. The third kappa shape index (κ3) is 10.5. The minimum Gasteiger partial charge on any atom is -0.460 e. The number of carbonyl (C=O) groups excluding carboxylic acids is 3. The standard InChI is InChI=1S/C22H31N5O5/c1-21(2,3)31-18(28)13-12-17(19(29)32-22(4,5)6)24-20(30)27(7)26-25-16-10-8-15(14-23)9-11-16/h8-11,17H,12-13H2,1-7H3,(H,24,30)/t17-/m0/s1. The highest BCUT2D eigenvalue weighted by molar-refractivity contribution is 5.84. The van der Waals surface area contributed by atoms with Gasteiger partial charge in [-0.1, -0.05) is 5.22 Å². The Morgan fingerprint density at radius 1 is 1.06 bits per heavy atom. The predicted octanol–water partition coefficient (Wildman–Crippen LogP) is 4.03. The molecule has 174 valence electrons. The van der Waals surface area contributed by atoms with Gasteiger partial charge in [0.2, 0.25) is 0 Å². The summed E-state index contributed by atoms with van der Waals surface area (Å²) in [7, 11) is 1.36. The highest BCUT2D eigenvalue weighted by Crippen LogP contribution is 2.15. The van der Waals surface area contributed by atoms with Crippen LogP contribution in [0.5, 0.6) is 0 Å². The van der Waals surface area contributed by atoms with Gasteiger partial charge in [0.1, 0.15) is 17.2 Å². The lowest BCUT2D eigenvalue weighted by Gasteiger charge is -2.25. The van der Waals surface area contributed by atoms with Crippen LogP contribution in [0.25, 0.3) is 0 Å². The molecule has 0 aliphatic rings. The zero-order valence-corrected chi connectivity index (χ0v) is 19.6. The van der Waals surface area contributed by atoms with E-state index in [1.54, 1.807) is 65.8 Å². The molecule has 0 spiro atoms. The molecule has 0 saturated carbocycles. The van der Waals surface area contributed by atoms with Crippen molar-refractivity contribution in [3.63, 3.8) is 0 Å². The number of hydrogen-bond donors (Lipinski definition) is 1. The molecular weight excluding hydrogens is 414 g/mol. The molecule has 10 heteroatoms. The highest BCUT2D eigenvalue weighted by atomic mass is 16.6. The summed E-state index contributed by atoms with van der Waals surface area (Å²) < 4.78 is 10.6. The molecule has 0 radical (unpaired) electrons. The molecule has 1 aromatic carbocycles. The zero-order valence-electron chi connectivity index (χ0n) is 19.6. The lowest BCUT2D eigenvalue weighted by atomic mass is 10.1. The van der Waals surface area contributed by atoms with Gasteiger partial charge in [-0.25, -0.2) is 9.59 Å². The number of carbonyl (C=O) groups is 3. The molecule has 0 bridgehead atoms. The quantitative estimate of drug-likeness (QED) is 0.383. The number of benzene rings is 1. The first-order valence-corrected chi connectivity index (χ1v) is 10.1. The summed E-state index contributed by atoms with van der Waals surface area (Å²) in [6.07, 6.45) is -0.0892. The number of rotatable bonds is 7. The molecule has 32 heavy (non-hydrogen) atoms. The summed E-state index contributed by atoms with van der Waals surface area (Å²) in [5, 5.41) is 20.0. The minimum atomic E-state index is -1.08. The Bertz CT molecular complexity index is 876. The Balaban J connectivity index is 2.83. The molecule has 0 aliphatic carbocycles. The van der Waals surface area contributed by atoms with Crippen molar-refractivity contribution in [3.05, 3.63) is 29.8 Å². The van der Waals surface area contributed by atoms with Crippen LogP contribution in [0.4, 0.5) is 10.5 Å². The van der Waals surface area contributed by atoms with Crippen LogP contribution in [0.15, 0.2) is 34.6 Å². The normalized spacial score (nSPS) is 12.6. The molecule has 0 aromatic heterocycles. The number of nitrogens with zero attached hydrogens (tertiary/aromatic N) is 4. The summed E-state index contributed by atoms with van der Waals surface area (Å²) in [4.78, 5) is 37.1. The Labute approximate surface area is 188 Å². The summed E-state index contributed by atoms with van der Waals surface area (Å²) in [6.45, 7) is 10.3. The number of hydrogen-bond acceptors (Lipinski definition) is 8. The van der Waals surface area contributed by atoms with E-state index in [0.29, 0.717) is 11.3 Å². The first kappa shape index (κ1) is 26.6. The molecule has 0 heterocycles. The molecule has 1 aromatic rings. The average Bonchev–Trinajstić information content (AvgIpc) is 2.66. The maximum Gasteiger partial charge on any atom is 0.339 e. The fourth-order valence-electron chi connectivity index (χ4n) is 2.28. The summed E-state index contributed by atoms with van der Waals surface area (Å²) >= 11 is 0. The largest absolute Gasteiger partial charge is 0.460 e. The Morgan fingerprint density at radius 3 is 2.12 bits per heavy atom. The summed E-state index contributed by atoms with van der Waals surface area (Å²) in [5.41, 5.74) is -0.515. The van der Waals surface area contributed by atoms with Gasteiger partial charge in [0, 0.05) is 13.5 Å². The Kier molecular flexibility index (Phi) is 9.32. The first-order chi connectivity index (χ1) is 14.7. The zero-order chi connectivity index (χ0) is 24.5. The smallest absolute Gasteiger partial charge is 0.339 e. The van der Waals surface area contributed by atoms with Crippen LogP contribution in [0, 0.1) is 11.3 Å². The predicted molar refractivity (Wildman–Crippen MR) is 117 cm³/mol. The van der Waals surface area contributed by atoms with E-state index in [1.807, 2.05) is 6.07 Å². The van der Waals surface area contributed by atoms with Crippen molar-refractivity contribution in [2.75, 3.05) is 7.05 Å². The molecule has 0 aliphatic heterocycles. The number of ether oxygens (including phenoxy) is 2. The van der Waals surface area contributed by atoms with E-state index >= 15 is 0 Å². The molecular formula is C22H31N5O5. The molecule has 10 nitrogen and oxygen atoms in total. The first-order valence-electron chi connectivity index (χ1n) is 10.1. The van der Waals surface area contributed by atoms with Crippen LogP contribution in [0.2, 0.25) is 0 Å². The van der Waals surface area contributed by atoms with E-state index in [9.17, 15) is 14.4 Å². The third-order valence-corrected chi connectivity index (χ3v) is 3.63. The second-order valence-corrected chi connectivity index (χ2v) is 9.03. The van der Waals surface area contributed by atoms with Gasteiger partial charge in [-0.05, 0) is 72.2 Å². The number of nitriles is 1. The van der Waals surface area contributed by atoms with Gasteiger partial charge in [0.25, 0.3) is 0 Å². The van der Waals surface area contributed by atoms with Crippen LogP contribution in [-0.2, 0) is 19.1 Å². The maximum absolute atomic E-state index is 12.6. The van der Waals surface area contributed by atoms with Crippen molar-refractivity contribution in [3.8, 4) is 6.07 Å². The van der Waals surface area contributed by atoms with Crippen LogP contribution in [-0.4, -0.2) is 47.3 Å². The van der Waals surface area contributed by atoms with Gasteiger partial charge in [0.15, 0.2) is 0 Å². The maximum atomic E-state index is 12.6. The monoisotopic (exact) mass is 445 g/mol. The fourth-order valence-corrected chi connectivity index (χ4v) is 2.28. The van der Waals surface area contributed by atoms with Gasteiger partial charge in [-0.3, -0.25) is 4.79 Å². The summed E-state index contributed by atoms with van der Waals surface area (Å²) in [5.74, 6) is -1.17. The van der Waals surface area contributed by atoms with Crippen molar-refractivity contribution in [1.82, 2.24) is 10.3 Å². The second-order valence-electron chi connectivity index (χ2n) is 9.03. The Hall–Kier alpha value is -3.48. The molecule has 1 N–H and O–H groups in total. The molecule has 0 fully saturated rings. The van der Waals surface area contributed by atoms with E-state index in [-0.39, 0.29) is 12.8 Å². The second kappa shape index (κ2) is 11.2. The van der Waals surface area contributed by atoms with Gasteiger partial charge in [0.05, 0.1) is 17.3 Å².